The van der Waals surface area contributed by atoms with Crippen molar-refractivity contribution in [2.75, 3.05) is 18.4 Å². The minimum atomic E-state index is 0.0327. The van der Waals surface area contributed by atoms with Crippen LogP contribution in [0.5, 0.6) is 0 Å². The lowest BCUT2D eigenvalue weighted by Crippen LogP contribution is -2.36. The van der Waals surface area contributed by atoms with Crippen molar-refractivity contribution < 1.29 is 4.79 Å². The number of nitrogens with zero attached hydrogens (tertiary/aromatic N) is 2. The van der Waals surface area contributed by atoms with E-state index in [1.54, 1.807) is 0 Å². The molecule has 144 valence electrons. The highest BCUT2D eigenvalue weighted by Crippen LogP contribution is 2.29. The van der Waals surface area contributed by atoms with E-state index < -0.39 is 0 Å². The lowest BCUT2D eigenvalue weighted by Gasteiger charge is -2.26. The number of hydrogen-bond donors (Lipinski definition) is 1. The van der Waals surface area contributed by atoms with Crippen LogP contribution in [0.1, 0.15) is 46.4 Å². The number of likely N-dealkylation sites (tertiary alicyclic amines) is 1. The topological polar surface area (TPSA) is 45.2 Å². The van der Waals surface area contributed by atoms with Crippen molar-refractivity contribution in [3.05, 3.63) is 64.8 Å². The molecule has 1 aliphatic rings. The van der Waals surface area contributed by atoms with E-state index in [-0.39, 0.29) is 5.91 Å². The number of aromatic nitrogens is 1. The number of amides is 1. The van der Waals surface area contributed by atoms with Gasteiger partial charge in [0.15, 0.2) is 0 Å². The van der Waals surface area contributed by atoms with E-state index in [0.29, 0.717) is 5.69 Å². The summed E-state index contributed by atoms with van der Waals surface area (Å²) in [5.74, 6) is 0.0327. The summed E-state index contributed by atoms with van der Waals surface area (Å²) in [6.07, 6.45) is 3.35. The molecule has 1 aliphatic heterocycles. The van der Waals surface area contributed by atoms with Crippen LogP contribution >= 0.6 is 0 Å². The van der Waals surface area contributed by atoms with E-state index in [1.165, 1.54) is 23.1 Å². The highest BCUT2D eigenvalue weighted by molar-refractivity contribution is 6.00. The average Bonchev–Trinajstić information content (AvgIpc) is 2.71. The monoisotopic (exact) mass is 373 g/mol. The van der Waals surface area contributed by atoms with Crippen LogP contribution in [0.4, 0.5) is 11.4 Å². The van der Waals surface area contributed by atoms with Gasteiger partial charge in [-0.3, -0.25) is 4.79 Å². The summed E-state index contributed by atoms with van der Waals surface area (Å²) < 4.78 is 0. The minimum absolute atomic E-state index is 0.0327. The van der Waals surface area contributed by atoms with Gasteiger partial charge < -0.3 is 10.2 Å². The molecule has 1 aromatic heterocycles. The number of nitrogens with one attached hydrogen (secondary N) is 1. The van der Waals surface area contributed by atoms with Gasteiger partial charge in [-0.15, -0.1) is 0 Å². The maximum atomic E-state index is 13.0. The highest BCUT2D eigenvalue weighted by Gasteiger charge is 2.21. The van der Waals surface area contributed by atoms with Gasteiger partial charge in [-0.1, -0.05) is 17.7 Å². The van der Waals surface area contributed by atoms with Crippen LogP contribution in [0.25, 0.3) is 10.9 Å². The van der Waals surface area contributed by atoms with Crippen molar-refractivity contribution in [2.45, 2.75) is 40.0 Å². The Morgan fingerprint density at radius 1 is 0.929 bits per heavy atom. The first-order chi connectivity index (χ1) is 13.5. The third-order valence-electron chi connectivity index (χ3n) is 5.61. The fourth-order valence-electron chi connectivity index (χ4n) is 3.79. The molecular weight excluding hydrogens is 346 g/mol. The summed E-state index contributed by atoms with van der Waals surface area (Å²) in [5.41, 5.74) is 6.99. The largest absolute Gasteiger partial charge is 0.355 e. The molecule has 4 rings (SSSR count). The molecule has 1 N–H and O–H groups in total. The summed E-state index contributed by atoms with van der Waals surface area (Å²) in [5, 5.41) is 4.57. The van der Waals surface area contributed by atoms with E-state index in [4.69, 9.17) is 4.98 Å². The smallest absolute Gasteiger partial charge is 0.272 e. The Bertz CT molecular complexity index is 1040. The van der Waals surface area contributed by atoms with Crippen molar-refractivity contribution in [3.8, 4) is 0 Å². The molecule has 2 aromatic carbocycles. The van der Waals surface area contributed by atoms with Crippen LogP contribution in [0.2, 0.25) is 0 Å². The maximum absolute atomic E-state index is 13.0. The van der Waals surface area contributed by atoms with E-state index >= 15 is 0 Å². The van der Waals surface area contributed by atoms with E-state index in [0.717, 1.165) is 48.2 Å². The molecule has 0 spiro atoms. The molecule has 1 saturated heterocycles. The SMILES string of the molecule is Cc1ccc2nc(C(=O)N3CCCCC3)cc(Nc3ccc(C)c(C)c3)c2c1. The van der Waals surface area contributed by atoms with Gasteiger partial charge in [-0.2, -0.15) is 0 Å². The zero-order valence-corrected chi connectivity index (χ0v) is 16.9. The minimum Gasteiger partial charge on any atom is -0.355 e. The molecule has 1 fully saturated rings. The van der Waals surface area contributed by atoms with Crippen LogP contribution in [0, 0.1) is 20.8 Å². The second-order valence-electron chi connectivity index (χ2n) is 7.85. The van der Waals surface area contributed by atoms with Crippen LogP contribution < -0.4 is 5.32 Å². The van der Waals surface area contributed by atoms with E-state index in [1.807, 2.05) is 23.1 Å². The Kier molecular flexibility index (Phi) is 5.03. The predicted molar refractivity (Wildman–Crippen MR) is 115 cm³/mol. The molecule has 0 aliphatic carbocycles. The Balaban J connectivity index is 1.77. The maximum Gasteiger partial charge on any atom is 0.272 e. The van der Waals surface area contributed by atoms with Gasteiger partial charge in [0, 0.05) is 24.2 Å². The Hall–Kier alpha value is -2.88. The number of carbonyl (C=O) groups excluding carboxylic acids is 1. The average molecular weight is 374 g/mol. The first-order valence-electron chi connectivity index (χ1n) is 10.1. The van der Waals surface area contributed by atoms with Gasteiger partial charge in [0.25, 0.3) is 5.91 Å². The molecule has 1 amide bonds. The molecule has 4 nitrogen and oxygen atoms in total. The van der Waals surface area contributed by atoms with Gasteiger partial charge in [-0.05, 0) is 81.5 Å². The number of carbonyl (C=O) groups is 1. The Morgan fingerprint density at radius 3 is 2.46 bits per heavy atom. The summed E-state index contributed by atoms with van der Waals surface area (Å²) in [6, 6.07) is 14.4. The third-order valence-corrected chi connectivity index (χ3v) is 5.61. The van der Waals surface area contributed by atoms with Gasteiger partial charge >= 0.3 is 0 Å². The van der Waals surface area contributed by atoms with Crippen LogP contribution in [0.15, 0.2) is 42.5 Å². The molecule has 28 heavy (non-hydrogen) atoms. The summed E-state index contributed by atoms with van der Waals surface area (Å²) in [4.78, 5) is 19.7. The number of pyridine rings is 1. The molecule has 0 radical (unpaired) electrons. The van der Waals surface area contributed by atoms with Gasteiger partial charge in [0.1, 0.15) is 5.69 Å². The molecule has 0 bridgehead atoms. The molecular formula is C24H27N3O. The number of rotatable bonds is 3. The second kappa shape index (κ2) is 7.63. The molecule has 4 heteroatoms. The van der Waals surface area contributed by atoms with Crippen LogP contribution in [0.3, 0.4) is 0 Å². The fraction of sp³-hybridized carbons (Fsp3) is 0.333. The number of anilines is 2. The number of piperidine rings is 1. The Labute approximate surface area is 166 Å². The van der Waals surface area contributed by atoms with Crippen molar-refractivity contribution in [1.29, 1.82) is 0 Å². The Morgan fingerprint density at radius 2 is 1.71 bits per heavy atom. The number of aryl methyl sites for hydroxylation is 3. The normalized spacial score (nSPS) is 14.3. The van der Waals surface area contributed by atoms with Crippen LogP contribution in [-0.4, -0.2) is 28.9 Å². The first-order valence-corrected chi connectivity index (χ1v) is 10.1. The van der Waals surface area contributed by atoms with Crippen LogP contribution in [-0.2, 0) is 0 Å². The molecule has 0 unspecified atom stereocenters. The summed E-state index contributed by atoms with van der Waals surface area (Å²) in [6.45, 7) is 7.95. The third kappa shape index (κ3) is 3.72. The molecule has 2 heterocycles. The number of fused-ring (bicyclic) bond motifs is 1. The second-order valence-corrected chi connectivity index (χ2v) is 7.85. The predicted octanol–water partition coefficient (Wildman–Crippen LogP) is 5.53. The lowest BCUT2D eigenvalue weighted by molar-refractivity contribution is 0.0719. The quantitative estimate of drug-likeness (QED) is 0.656. The summed E-state index contributed by atoms with van der Waals surface area (Å²) >= 11 is 0. The number of benzene rings is 2. The van der Waals surface area contributed by atoms with Gasteiger partial charge in [0.2, 0.25) is 0 Å². The fourth-order valence-corrected chi connectivity index (χ4v) is 3.79. The standard InChI is InChI=1S/C24H27N3O/c1-16-7-10-21-20(13-16)22(25-19-9-8-17(2)18(3)14-19)15-23(26-21)24(28)27-11-5-4-6-12-27/h7-10,13-15H,4-6,11-12H2,1-3H3,(H,25,26). The van der Waals surface area contributed by atoms with Crippen molar-refractivity contribution in [2.24, 2.45) is 0 Å². The van der Waals surface area contributed by atoms with E-state index in [2.05, 4.69) is 50.4 Å². The van der Waals surface area contributed by atoms with Crippen molar-refractivity contribution in [3.63, 3.8) is 0 Å². The lowest BCUT2D eigenvalue weighted by atomic mass is 10.1. The number of hydrogen-bond acceptors (Lipinski definition) is 3. The molecule has 3 aromatic rings. The molecule has 0 saturated carbocycles. The highest BCUT2D eigenvalue weighted by atomic mass is 16.2. The zero-order chi connectivity index (χ0) is 19.7. The van der Waals surface area contributed by atoms with Crippen molar-refractivity contribution in [1.82, 2.24) is 9.88 Å². The summed E-state index contributed by atoms with van der Waals surface area (Å²) in [7, 11) is 0. The molecule has 0 atom stereocenters. The van der Waals surface area contributed by atoms with Gasteiger partial charge in [0.05, 0.1) is 11.2 Å². The first kappa shape index (κ1) is 18.5. The van der Waals surface area contributed by atoms with E-state index in [9.17, 15) is 4.79 Å². The zero-order valence-electron chi connectivity index (χ0n) is 16.9. The van der Waals surface area contributed by atoms with Crippen molar-refractivity contribution >= 4 is 28.2 Å². The van der Waals surface area contributed by atoms with Gasteiger partial charge in [-0.25, -0.2) is 4.98 Å².